The molecule has 1 aromatic heterocycles. The molecule has 1 aromatic rings. The SMILES string of the molecule is CCOC(=O)N1CCC(Nc2cc(C(=O)NCCC(C)C)nc(C)n2)CC1. The van der Waals surface area contributed by atoms with Crippen molar-refractivity contribution < 1.29 is 14.3 Å². The summed E-state index contributed by atoms with van der Waals surface area (Å²) in [5.74, 6) is 1.56. The number of hydrogen-bond acceptors (Lipinski definition) is 6. The number of hydrogen-bond donors (Lipinski definition) is 2. The lowest BCUT2D eigenvalue weighted by atomic mass is 10.1. The highest BCUT2D eigenvalue weighted by Gasteiger charge is 2.24. The smallest absolute Gasteiger partial charge is 0.409 e. The number of aryl methyl sites for hydroxylation is 1. The Bertz CT molecular complexity index is 642. The van der Waals surface area contributed by atoms with Crippen LogP contribution in [0, 0.1) is 12.8 Å². The van der Waals surface area contributed by atoms with Gasteiger partial charge >= 0.3 is 6.09 Å². The predicted molar refractivity (Wildman–Crippen MR) is 104 cm³/mol. The van der Waals surface area contributed by atoms with Gasteiger partial charge in [0.25, 0.3) is 5.91 Å². The van der Waals surface area contributed by atoms with Crippen LogP contribution in [0.4, 0.5) is 10.6 Å². The van der Waals surface area contributed by atoms with E-state index in [1.807, 2.05) is 0 Å². The summed E-state index contributed by atoms with van der Waals surface area (Å²) in [5.41, 5.74) is 0.373. The van der Waals surface area contributed by atoms with E-state index in [1.165, 1.54) is 0 Å². The predicted octanol–water partition coefficient (Wildman–Crippen LogP) is 2.59. The Balaban J connectivity index is 1.91. The highest BCUT2D eigenvalue weighted by Crippen LogP contribution is 2.17. The fourth-order valence-corrected chi connectivity index (χ4v) is 2.95. The second-order valence-electron chi connectivity index (χ2n) is 7.23. The van der Waals surface area contributed by atoms with Gasteiger partial charge < -0.3 is 20.3 Å². The highest BCUT2D eigenvalue weighted by atomic mass is 16.6. The molecule has 8 heteroatoms. The zero-order valence-corrected chi connectivity index (χ0v) is 16.7. The quantitative estimate of drug-likeness (QED) is 0.758. The van der Waals surface area contributed by atoms with Crippen molar-refractivity contribution >= 4 is 17.8 Å². The van der Waals surface area contributed by atoms with Crippen LogP contribution >= 0.6 is 0 Å². The van der Waals surface area contributed by atoms with Crippen molar-refractivity contribution in [3.8, 4) is 0 Å². The van der Waals surface area contributed by atoms with Gasteiger partial charge in [0.2, 0.25) is 0 Å². The molecular formula is C19H31N5O3. The van der Waals surface area contributed by atoms with Crippen molar-refractivity contribution in [1.82, 2.24) is 20.2 Å². The number of ether oxygens (including phenoxy) is 1. The van der Waals surface area contributed by atoms with Gasteiger partial charge in [-0.2, -0.15) is 0 Å². The van der Waals surface area contributed by atoms with Gasteiger partial charge in [0.1, 0.15) is 17.3 Å². The largest absolute Gasteiger partial charge is 0.450 e. The van der Waals surface area contributed by atoms with Crippen LogP contribution in [-0.2, 0) is 4.74 Å². The summed E-state index contributed by atoms with van der Waals surface area (Å²) >= 11 is 0. The number of anilines is 1. The lowest BCUT2D eigenvalue weighted by Gasteiger charge is -2.31. The lowest BCUT2D eigenvalue weighted by Crippen LogP contribution is -2.42. The second-order valence-corrected chi connectivity index (χ2v) is 7.23. The van der Waals surface area contributed by atoms with Crippen molar-refractivity contribution in [1.29, 1.82) is 0 Å². The van der Waals surface area contributed by atoms with Gasteiger partial charge in [-0.3, -0.25) is 4.79 Å². The third-order valence-corrected chi connectivity index (χ3v) is 4.45. The molecule has 0 saturated carbocycles. The van der Waals surface area contributed by atoms with Gasteiger partial charge in [0.15, 0.2) is 0 Å². The molecule has 27 heavy (non-hydrogen) atoms. The average molecular weight is 377 g/mol. The normalized spacial score (nSPS) is 14.9. The van der Waals surface area contributed by atoms with E-state index in [1.54, 1.807) is 24.8 Å². The summed E-state index contributed by atoms with van der Waals surface area (Å²) in [6, 6.07) is 1.89. The number of aromatic nitrogens is 2. The molecule has 1 saturated heterocycles. The molecule has 2 amide bonds. The lowest BCUT2D eigenvalue weighted by molar-refractivity contribution is 0.0944. The van der Waals surface area contributed by atoms with E-state index in [2.05, 4.69) is 34.4 Å². The average Bonchev–Trinajstić information content (AvgIpc) is 2.61. The molecule has 150 valence electrons. The fraction of sp³-hybridized carbons (Fsp3) is 0.684. The van der Waals surface area contributed by atoms with Crippen molar-refractivity contribution in [2.24, 2.45) is 5.92 Å². The molecule has 0 aliphatic carbocycles. The van der Waals surface area contributed by atoms with E-state index in [0.29, 0.717) is 49.5 Å². The van der Waals surface area contributed by atoms with Crippen molar-refractivity contribution in [3.63, 3.8) is 0 Å². The molecule has 0 atom stereocenters. The van der Waals surface area contributed by atoms with Crippen molar-refractivity contribution in [2.75, 3.05) is 31.6 Å². The number of piperidine rings is 1. The van der Waals surface area contributed by atoms with Crippen LogP contribution in [0.15, 0.2) is 6.07 Å². The molecule has 1 aliphatic heterocycles. The number of amides is 2. The maximum Gasteiger partial charge on any atom is 0.409 e. The minimum Gasteiger partial charge on any atom is -0.450 e. The zero-order chi connectivity index (χ0) is 19.8. The van der Waals surface area contributed by atoms with Gasteiger partial charge in [-0.1, -0.05) is 13.8 Å². The number of likely N-dealkylation sites (tertiary alicyclic amines) is 1. The third kappa shape index (κ3) is 6.69. The van der Waals surface area contributed by atoms with Crippen LogP contribution < -0.4 is 10.6 Å². The minimum absolute atomic E-state index is 0.179. The Morgan fingerprint density at radius 3 is 2.63 bits per heavy atom. The monoisotopic (exact) mass is 377 g/mol. The molecule has 1 fully saturated rings. The van der Waals surface area contributed by atoms with E-state index in [0.717, 1.165) is 19.3 Å². The molecule has 0 unspecified atom stereocenters. The topological polar surface area (TPSA) is 96.5 Å². The van der Waals surface area contributed by atoms with Crippen LogP contribution in [0.3, 0.4) is 0 Å². The number of carbonyl (C=O) groups is 2. The Kier molecular flexibility index (Phi) is 7.82. The van der Waals surface area contributed by atoms with Gasteiger partial charge in [-0.05, 0) is 39.0 Å². The maximum atomic E-state index is 12.3. The van der Waals surface area contributed by atoms with E-state index in [9.17, 15) is 9.59 Å². The summed E-state index contributed by atoms with van der Waals surface area (Å²) < 4.78 is 5.04. The summed E-state index contributed by atoms with van der Waals surface area (Å²) in [4.78, 5) is 34.5. The minimum atomic E-state index is -0.255. The Morgan fingerprint density at radius 2 is 2.00 bits per heavy atom. The van der Waals surface area contributed by atoms with Gasteiger partial charge in [-0.25, -0.2) is 14.8 Å². The van der Waals surface area contributed by atoms with Gasteiger partial charge in [0, 0.05) is 31.7 Å². The van der Waals surface area contributed by atoms with Crippen LogP contribution in [-0.4, -0.2) is 59.2 Å². The Hall–Kier alpha value is -2.38. The number of carbonyl (C=O) groups excluding carboxylic acids is 2. The molecule has 0 bridgehead atoms. The standard InChI is InChI=1S/C19H31N5O3/c1-5-27-19(26)24-10-7-15(8-11-24)23-17-12-16(21-14(4)22-17)18(25)20-9-6-13(2)3/h12-13,15H,5-11H2,1-4H3,(H,20,25)(H,21,22,23). The Morgan fingerprint density at radius 1 is 1.30 bits per heavy atom. The molecule has 0 spiro atoms. The van der Waals surface area contributed by atoms with Gasteiger partial charge in [-0.15, -0.1) is 0 Å². The first-order chi connectivity index (χ1) is 12.9. The first kappa shape index (κ1) is 20.9. The molecular weight excluding hydrogens is 346 g/mol. The fourth-order valence-electron chi connectivity index (χ4n) is 2.95. The summed E-state index contributed by atoms with van der Waals surface area (Å²) in [5, 5.41) is 6.28. The van der Waals surface area contributed by atoms with E-state index >= 15 is 0 Å². The molecule has 8 nitrogen and oxygen atoms in total. The first-order valence-electron chi connectivity index (χ1n) is 9.71. The summed E-state index contributed by atoms with van der Waals surface area (Å²) in [6.07, 6.45) is 2.28. The molecule has 2 N–H and O–H groups in total. The summed E-state index contributed by atoms with van der Waals surface area (Å²) in [6.45, 7) is 10.1. The van der Waals surface area contributed by atoms with Gasteiger partial charge in [0.05, 0.1) is 6.61 Å². The Labute approximate surface area is 161 Å². The maximum absolute atomic E-state index is 12.3. The zero-order valence-electron chi connectivity index (χ0n) is 16.7. The van der Waals surface area contributed by atoms with Crippen molar-refractivity contribution in [3.05, 3.63) is 17.6 Å². The second kappa shape index (κ2) is 10.1. The molecule has 0 radical (unpaired) electrons. The van der Waals surface area contributed by atoms with E-state index in [-0.39, 0.29) is 18.0 Å². The van der Waals surface area contributed by atoms with Crippen LogP contribution in [0.25, 0.3) is 0 Å². The molecule has 2 heterocycles. The highest BCUT2D eigenvalue weighted by molar-refractivity contribution is 5.92. The molecule has 2 rings (SSSR count). The molecule has 1 aliphatic rings. The van der Waals surface area contributed by atoms with E-state index in [4.69, 9.17) is 4.74 Å². The molecule has 0 aromatic carbocycles. The number of rotatable bonds is 7. The third-order valence-electron chi connectivity index (χ3n) is 4.45. The first-order valence-corrected chi connectivity index (χ1v) is 9.71. The van der Waals surface area contributed by atoms with Crippen LogP contribution in [0.1, 0.15) is 56.3 Å². The van der Waals surface area contributed by atoms with Crippen molar-refractivity contribution in [2.45, 2.75) is 53.0 Å². The van der Waals surface area contributed by atoms with E-state index < -0.39 is 0 Å². The number of nitrogens with one attached hydrogen (secondary N) is 2. The van der Waals surface area contributed by atoms with Crippen LogP contribution in [0.5, 0.6) is 0 Å². The number of nitrogens with zero attached hydrogens (tertiary/aromatic N) is 3. The summed E-state index contributed by atoms with van der Waals surface area (Å²) in [7, 11) is 0. The van der Waals surface area contributed by atoms with Crippen LogP contribution in [0.2, 0.25) is 0 Å².